The Labute approximate surface area is 144 Å². The summed E-state index contributed by atoms with van der Waals surface area (Å²) in [5.74, 6) is -0.761. The lowest BCUT2D eigenvalue weighted by Gasteiger charge is -2.02. The Morgan fingerprint density at radius 3 is 2.64 bits per heavy atom. The van der Waals surface area contributed by atoms with Crippen LogP contribution in [0.25, 0.3) is 11.5 Å². The van der Waals surface area contributed by atoms with E-state index >= 15 is 0 Å². The fourth-order valence-corrected chi connectivity index (χ4v) is 1.94. The van der Waals surface area contributed by atoms with E-state index in [4.69, 9.17) is 13.9 Å². The maximum Gasteiger partial charge on any atom is 0.362 e. The van der Waals surface area contributed by atoms with E-state index in [1.54, 1.807) is 26.0 Å². The lowest BCUT2D eigenvalue weighted by molar-refractivity contribution is -0.141. The number of rotatable bonds is 7. The summed E-state index contributed by atoms with van der Waals surface area (Å²) in [7, 11) is 1.25. The molecule has 0 atom stereocenters. The highest BCUT2D eigenvalue weighted by Gasteiger charge is 2.21. The molecule has 132 valence electrons. The topological polar surface area (TPSA) is 103 Å². The second-order valence-corrected chi connectivity index (χ2v) is 5.00. The standard InChI is InChI=1S/C17H19N3O5/c1-4-24-13(21)10-11(2)19-20-16-14(17(22)23-3)18-15(25-16)12-8-6-5-7-9-12/h5-9,20H,4,10H2,1-3H3/b19-11-. The lowest BCUT2D eigenvalue weighted by Crippen LogP contribution is -2.10. The first-order valence-corrected chi connectivity index (χ1v) is 7.64. The number of carbonyl (C=O) groups is 2. The number of aromatic nitrogens is 1. The molecule has 0 saturated heterocycles. The van der Waals surface area contributed by atoms with Gasteiger partial charge in [-0.1, -0.05) is 18.2 Å². The van der Waals surface area contributed by atoms with Gasteiger partial charge >= 0.3 is 11.9 Å². The Hall–Kier alpha value is -3.16. The molecule has 0 unspecified atom stereocenters. The molecule has 25 heavy (non-hydrogen) atoms. The first-order valence-electron chi connectivity index (χ1n) is 7.64. The maximum absolute atomic E-state index is 11.9. The van der Waals surface area contributed by atoms with E-state index < -0.39 is 5.97 Å². The van der Waals surface area contributed by atoms with E-state index in [2.05, 4.69) is 15.5 Å². The Bertz CT molecular complexity index is 768. The highest BCUT2D eigenvalue weighted by atomic mass is 16.5. The van der Waals surface area contributed by atoms with Gasteiger partial charge in [-0.3, -0.25) is 4.79 Å². The number of hydrogen-bond donors (Lipinski definition) is 1. The van der Waals surface area contributed by atoms with Crippen LogP contribution in [0.4, 0.5) is 5.88 Å². The predicted octanol–water partition coefficient (Wildman–Crippen LogP) is 2.87. The predicted molar refractivity (Wildman–Crippen MR) is 91.3 cm³/mol. The third-order valence-corrected chi connectivity index (χ3v) is 3.08. The summed E-state index contributed by atoms with van der Waals surface area (Å²) in [6.45, 7) is 3.68. The molecule has 1 heterocycles. The summed E-state index contributed by atoms with van der Waals surface area (Å²) >= 11 is 0. The minimum absolute atomic E-state index is 0.0219. The number of esters is 2. The van der Waals surface area contributed by atoms with Crippen LogP contribution < -0.4 is 5.43 Å². The van der Waals surface area contributed by atoms with Crippen LogP contribution in [0, 0.1) is 0 Å². The molecule has 1 aromatic heterocycles. The minimum Gasteiger partial charge on any atom is -0.466 e. The number of hydrazone groups is 1. The number of oxazole rings is 1. The summed E-state index contributed by atoms with van der Waals surface area (Å²) in [6, 6.07) is 9.10. The summed E-state index contributed by atoms with van der Waals surface area (Å²) in [4.78, 5) is 27.5. The molecule has 8 nitrogen and oxygen atoms in total. The van der Waals surface area contributed by atoms with Crippen molar-refractivity contribution in [2.75, 3.05) is 19.1 Å². The average molecular weight is 345 g/mol. The number of ether oxygens (including phenoxy) is 2. The molecule has 0 aliphatic heterocycles. The van der Waals surface area contributed by atoms with E-state index in [1.165, 1.54) is 7.11 Å². The first-order chi connectivity index (χ1) is 12.0. The van der Waals surface area contributed by atoms with Crippen LogP contribution in [0.1, 0.15) is 30.8 Å². The highest BCUT2D eigenvalue weighted by Crippen LogP contribution is 2.26. The van der Waals surface area contributed by atoms with E-state index in [-0.39, 0.29) is 29.9 Å². The van der Waals surface area contributed by atoms with Crippen molar-refractivity contribution < 1.29 is 23.5 Å². The number of anilines is 1. The number of carbonyl (C=O) groups excluding carboxylic acids is 2. The largest absolute Gasteiger partial charge is 0.466 e. The minimum atomic E-state index is -0.660. The Morgan fingerprint density at radius 1 is 1.28 bits per heavy atom. The third kappa shape index (κ3) is 4.90. The highest BCUT2D eigenvalue weighted by molar-refractivity contribution is 5.98. The smallest absolute Gasteiger partial charge is 0.362 e. The van der Waals surface area contributed by atoms with Crippen LogP contribution in [-0.4, -0.2) is 36.4 Å². The van der Waals surface area contributed by atoms with Gasteiger partial charge in [0, 0.05) is 11.3 Å². The van der Waals surface area contributed by atoms with Crippen molar-refractivity contribution in [1.82, 2.24) is 4.98 Å². The molecule has 0 amide bonds. The molecule has 0 aliphatic rings. The molecule has 0 radical (unpaired) electrons. The molecule has 0 spiro atoms. The summed E-state index contributed by atoms with van der Waals surface area (Å²) < 4.78 is 15.1. The molecule has 1 N–H and O–H groups in total. The molecular weight excluding hydrogens is 326 g/mol. The van der Waals surface area contributed by atoms with Crippen molar-refractivity contribution in [1.29, 1.82) is 0 Å². The molecule has 2 aromatic rings. The van der Waals surface area contributed by atoms with Gasteiger partial charge in [-0.05, 0) is 26.0 Å². The normalized spacial score (nSPS) is 11.1. The molecule has 0 bridgehead atoms. The van der Waals surface area contributed by atoms with Crippen LogP contribution >= 0.6 is 0 Å². The second kappa shape index (κ2) is 8.62. The molecule has 2 rings (SSSR count). The number of nitrogens with one attached hydrogen (secondary N) is 1. The van der Waals surface area contributed by atoms with Gasteiger partial charge in [-0.15, -0.1) is 0 Å². The average Bonchev–Trinajstić information content (AvgIpc) is 3.04. The Kier molecular flexibility index (Phi) is 6.27. The van der Waals surface area contributed by atoms with Crippen LogP contribution in [0.5, 0.6) is 0 Å². The van der Waals surface area contributed by atoms with Gasteiger partial charge in [-0.2, -0.15) is 10.1 Å². The summed E-state index contributed by atoms with van der Waals surface area (Å²) in [5.41, 5.74) is 3.75. The molecule has 0 aliphatic carbocycles. The Balaban J connectivity index is 2.22. The van der Waals surface area contributed by atoms with Gasteiger partial charge in [0.1, 0.15) is 0 Å². The van der Waals surface area contributed by atoms with Crippen molar-refractivity contribution in [3.05, 3.63) is 36.0 Å². The number of benzene rings is 1. The van der Waals surface area contributed by atoms with Crippen molar-refractivity contribution in [2.45, 2.75) is 20.3 Å². The van der Waals surface area contributed by atoms with E-state index in [0.717, 1.165) is 0 Å². The SMILES string of the molecule is CCOC(=O)C/C(C)=N\Nc1oc(-c2ccccc2)nc1C(=O)OC. The van der Waals surface area contributed by atoms with Crippen molar-refractivity contribution in [3.63, 3.8) is 0 Å². The third-order valence-electron chi connectivity index (χ3n) is 3.08. The van der Waals surface area contributed by atoms with Gasteiger partial charge in [0.2, 0.25) is 17.5 Å². The van der Waals surface area contributed by atoms with E-state index in [9.17, 15) is 9.59 Å². The van der Waals surface area contributed by atoms with Crippen molar-refractivity contribution in [3.8, 4) is 11.5 Å². The monoisotopic (exact) mass is 345 g/mol. The number of nitrogens with zero attached hydrogens (tertiary/aromatic N) is 2. The van der Waals surface area contributed by atoms with Crippen molar-refractivity contribution in [2.24, 2.45) is 5.10 Å². The van der Waals surface area contributed by atoms with Gasteiger partial charge in [-0.25, -0.2) is 10.2 Å². The van der Waals surface area contributed by atoms with Crippen LogP contribution in [-0.2, 0) is 14.3 Å². The quantitative estimate of drug-likeness (QED) is 0.467. The van der Waals surface area contributed by atoms with E-state index in [0.29, 0.717) is 17.9 Å². The fraction of sp³-hybridized carbons (Fsp3) is 0.294. The van der Waals surface area contributed by atoms with Crippen LogP contribution in [0.15, 0.2) is 39.9 Å². The van der Waals surface area contributed by atoms with Gasteiger partial charge in [0.25, 0.3) is 0 Å². The fourth-order valence-electron chi connectivity index (χ4n) is 1.94. The summed E-state index contributed by atoms with van der Waals surface area (Å²) in [5, 5.41) is 4.03. The first kappa shape index (κ1) is 18.2. The molecule has 0 saturated carbocycles. The number of methoxy groups -OCH3 is 1. The molecule has 1 aromatic carbocycles. The van der Waals surface area contributed by atoms with Crippen molar-refractivity contribution >= 4 is 23.5 Å². The molecule has 0 fully saturated rings. The zero-order valence-electron chi connectivity index (χ0n) is 14.2. The summed E-state index contributed by atoms with van der Waals surface area (Å²) in [6.07, 6.45) is 0.0219. The molecular formula is C17H19N3O5. The van der Waals surface area contributed by atoms with Gasteiger partial charge in [0.15, 0.2) is 0 Å². The number of hydrogen-bond acceptors (Lipinski definition) is 8. The van der Waals surface area contributed by atoms with E-state index in [1.807, 2.05) is 18.2 Å². The zero-order chi connectivity index (χ0) is 18.2. The maximum atomic E-state index is 11.9. The van der Waals surface area contributed by atoms with Crippen LogP contribution in [0.2, 0.25) is 0 Å². The Morgan fingerprint density at radius 2 is 2.00 bits per heavy atom. The van der Waals surface area contributed by atoms with Crippen LogP contribution in [0.3, 0.4) is 0 Å². The van der Waals surface area contributed by atoms with Gasteiger partial charge in [0.05, 0.1) is 20.1 Å². The molecule has 8 heteroatoms. The zero-order valence-corrected chi connectivity index (χ0v) is 14.2. The lowest BCUT2D eigenvalue weighted by atomic mass is 10.2. The second-order valence-electron chi connectivity index (χ2n) is 5.00. The van der Waals surface area contributed by atoms with Gasteiger partial charge < -0.3 is 13.9 Å².